The minimum atomic E-state index is -0.344. The maximum Gasteiger partial charge on any atom is 0.276 e. The second kappa shape index (κ2) is 7.17. The Balaban J connectivity index is 1.71. The Bertz CT molecular complexity index is 1170. The molecule has 1 aliphatic heterocycles. The van der Waals surface area contributed by atoms with E-state index in [1.165, 1.54) is 10.7 Å². The average molecular weight is 393 g/mol. The molecule has 0 fully saturated rings. The highest BCUT2D eigenvalue weighted by Gasteiger charge is 2.26. The molecular weight excluding hydrogens is 374 g/mol. The van der Waals surface area contributed by atoms with Crippen molar-refractivity contribution in [2.45, 2.75) is 36.8 Å². The molecule has 0 aliphatic carbocycles. The fourth-order valence-corrected chi connectivity index (χ4v) is 4.55. The molecule has 0 bridgehead atoms. The van der Waals surface area contributed by atoms with Crippen LogP contribution in [0.3, 0.4) is 0 Å². The molecule has 28 heavy (non-hydrogen) atoms. The van der Waals surface area contributed by atoms with Crippen molar-refractivity contribution in [1.29, 1.82) is 5.26 Å². The first-order valence-corrected chi connectivity index (χ1v) is 9.93. The van der Waals surface area contributed by atoms with Crippen LogP contribution < -0.4 is 10.5 Å². The Kier molecular flexibility index (Phi) is 4.69. The zero-order chi connectivity index (χ0) is 19.8. The second-order valence-electron chi connectivity index (χ2n) is 6.85. The molecule has 4 rings (SSSR count). The van der Waals surface area contributed by atoms with Crippen LogP contribution in [0, 0.1) is 18.3 Å². The van der Waals surface area contributed by atoms with Crippen LogP contribution in [0.15, 0.2) is 40.2 Å². The fourth-order valence-electron chi connectivity index (χ4n) is 3.43. The van der Waals surface area contributed by atoms with Crippen LogP contribution >= 0.6 is 11.8 Å². The predicted octanol–water partition coefficient (Wildman–Crippen LogP) is 2.66. The van der Waals surface area contributed by atoms with Crippen LogP contribution in [0.5, 0.6) is 0 Å². The molecule has 0 radical (unpaired) electrons. The van der Waals surface area contributed by atoms with Gasteiger partial charge in [0, 0.05) is 34.1 Å². The normalized spacial score (nSPS) is 16.5. The summed E-state index contributed by atoms with van der Waals surface area (Å²) in [6, 6.07) is 9.87. The molecule has 2 aromatic heterocycles. The van der Waals surface area contributed by atoms with Gasteiger partial charge in [-0.1, -0.05) is 19.1 Å². The molecule has 1 aliphatic rings. The third-order valence-electron chi connectivity index (χ3n) is 4.96. The van der Waals surface area contributed by atoms with E-state index in [0.717, 1.165) is 17.0 Å². The van der Waals surface area contributed by atoms with Crippen LogP contribution in [-0.2, 0) is 11.2 Å². The number of thioether (sulfide) groups is 1. The number of nitriles is 1. The van der Waals surface area contributed by atoms with Crippen molar-refractivity contribution in [3.05, 3.63) is 57.6 Å². The molecule has 7 nitrogen and oxygen atoms in total. The van der Waals surface area contributed by atoms with Crippen molar-refractivity contribution in [2.75, 3.05) is 11.4 Å². The molecule has 0 unspecified atom stereocenters. The van der Waals surface area contributed by atoms with Gasteiger partial charge in [0.2, 0.25) is 5.91 Å². The largest absolute Gasteiger partial charge is 0.311 e. The van der Waals surface area contributed by atoms with Crippen LogP contribution in [-0.4, -0.2) is 32.3 Å². The van der Waals surface area contributed by atoms with Gasteiger partial charge in [-0.05, 0) is 25.5 Å². The maximum atomic E-state index is 13.2. The summed E-state index contributed by atoms with van der Waals surface area (Å²) in [6.07, 6.45) is 2.29. The Morgan fingerprint density at radius 2 is 2.21 bits per heavy atom. The van der Waals surface area contributed by atoms with Crippen molar-refractivity contribution in [1.82, 2.24) is 14.6 Å². The number of fused-ring (bicyclic) bond motifs is 2. The molecule has 0 saturated heterocycles. The number of nitrogens with zero attached hydrogens (tertiary/aromatic N) is 4. The summed E-state index contributed by atoms with van der Waals surface area (Å²) in [5.74, 6) is -0.129. The molecule has 3 aromatic rings. The van der Waals surface area contributed by atoms with E-state index < -0.39 is 0 Å². The smallest absolute Gasteiger partial charge is 0.276 e. The Morgan fingerprint density at radius 3 is 3.00 bits per heavy atom. The van der Waals surface area contributed by atoms with Gasteiger partial charge in [-0.15, -0.1) is 11.8 Å². The van der Waals surface area contributed by atoms with Crippen molar-refractivity contribution in [2.24, 2.45) is 0 Å². The quantitative estimate of drug-likeness (QED) is 0.722. The van der Waals surface area contributed by atoms with E-state index in [9.17, 15) is 9.59 Å². The molecule has 1 N–H and O–H groups in total. The summed E-state index contributed by atoms with van der Waals surface area (Å²) in [5, 5.41) is 12.3. The predicted molar refractivity (Wildman–Crippen MR) is 108 cm³/mol. The van der Waals surface area contributed by atoms with E-state index in [1.807, 2.05) is 30.3 Å². The fraction of sp³-hybridized carbons (Fsp3) is 0.300. The molecular formula is C20H19N5O2S. The zero-order valence-corrected chi connectivity index (χ0v) is 16.4. The monoisotopic (exact) mass is 393 g/mol. The van der Waals surface area contributed by atoms with Gasteiger partial charge in [-0.25, -0.2) is 9.50 Å². The Labute approximate surface area is 166 Å². The summed E-state index contributed by atoms with van der Waals surface area (Å²) in [6.45, 7) is 4.47. The van der Waals surface area contributed by atoms with E-state index in [4.69, 9.17) is 5.26 Å². The maximum absolute atomic E-state index is 13.2. The van der Waals surface area contributed by atoms with Crippen molar-refractivity contribution in [3.63, 3.8) is 0 Å². The van der Waals surface area contributed by atoms with E-state index in [-0.39, 0.29) is 23.5 Å². The van der Waals surface area contributed by atoms with Gasteiger partial charge in [-0.3, -0.25) is 14.7 Å². The van der Waals surface area contributed by atoms with Gasteiger partial charge >= 0.3 is 0 Å². The molecule has 1 amide bonds. The first-order chi connectivity index (χ1) is 13.5. The molecule has 0 spiro atoms. The van der Waals surface area contributed by atoms with Crippen molar-refractivity contribution >= 4 is 29.0 Å². The highest BCUT2D eigenvalue weighted by Crippen LogP contribution is 2.37. The van der Waals surface area contributed by atoms with E-state index in [0.29, 0.717) is 28.6 Å². The average Bonchev–Trinajstić information content (AvgIpc) is 3.00. The van der Waals surface area contributed by atoms with Crippen LogP contribution in [0.4, 0.5) is 5.69 Å². The van der Waals surface area contributed by atoms with E-state index >= 15 is 0 Å². The topological polar surface area (TPSA) is 94.3 Å². The first kappa shape index (κ1) is 18.3. The number of aromatic nitrogens is 3. The number of aromatic amines is 1. The van der Waals surface area contributed by atoms with E-state index in [1.54, 1.807) is 23.6 Å². The molecule has 0 saturated carbocycles. The number of para-hydroxylation sites is 1. The number of hydrogen-bond donors (Lipinski definition) is 1. The van der Waals surface area contributed by atoms with E-state index in [2.05, 4.69) is 17.0 Å². The molecule has 1 atom stereocenters. The summed E-state index contributed by atoms with van der Waals surface area (Å²) in [5.41, 5.74) is 1.94. The number of H-pyrrole nitrogens is 1. The van der Waals surface area contributed by atoms with Crippen LogP contribution in [0.2, 0.25) is 0 Å². The third kappa shape index (κ3) is 3.08. The number of aryl methyl sites for hydroxylation is 1. The van der Waals surface area contributed by atoms with Crippen LogP contribution in [0.25, 0.3) is 5.65 Å². The number of rotatable bonds is 2. The lowest BCUT2D eigenvalue weighted by Gasteiger charge is -2.22. The van der Waals surface area contributed by atoms with Gasteiger partial charge in [0.05, 0.1) is 12.1 Å². The summed E-state index contributed by atoms with van der Waals surface area (Å²) < 4.78 is 1.22. The number of nitrogens with one attached hydrogen (secondary N) is 1. The number of anilines is 1. The van der Waals surface area contributed by atoms with Gasteiger partial charge in [-0.2, -0.15) is 5.26 Å². The highest BCUT2D eigenvalue weighted by atomic mass is 32.2. The first-order valence-electron chi connectivity index (χ1n) is 9.05. The SMILES string of the molecule is Cc1nc2c(C#N)c[nH]n2c(=O)c1CC(=O)N1CC[C@H](C)Sc2ccccc21. The van der Waals surface area contributed by atoms with Crippen LogP contribution in [0.1, 0.15) is 30.2 Å². The Morgan fingerprint density at radius 1 is 1.43 bits per heavy atom. The molecule has 142 valence electrons. The number of hydrogen-bond acceptors (Lipinski definition) is 5. The number of benzene rings is 1. The third-order valence-corrected chi connectivity index (χ3v) is 6.19. The van der Waals surface area contributed by atoms with Crippen molar-refractivity contribution < 1.29 is 4.79 Å². The number of carbonyl (C=O) groups excluding carboxylic acids is 1. The number of carbonyl (C=O) groups is 1. The van der Waals surface area contributed by atoms with Crippen molar-refractivity contribution in [3.8, 4) is 6.07 Å². The van der Waals surface area contributed by atoms with Gasteiger partial charge in [0.1, 0.15) is 11.6 Å². The summed E-state index contributed by atoms with van der Waals surface area (Å²) in [4.78, 5) is 33.3. The summed E-state index contributed by atoms with van der Waals surface area (Å²) >= 11 is 1.77. The van der Waals surface area contributed by atoms with Gasteiger partial charge in [0.15, 0.2) is 5.65 Å². The Hall–Kier alpha value is -3.05. The molecule has 1 aromatic carbocycles. The lowest BCUT2D eigenvalue weighted by atomic mass is 10.1. The molecule has 8 heteroatoms. The van der Waals surface area contributed by atoms with Gasteiger partial charge in [0.25, 0.3) is 5.56 Å². The number of amides is 1. The zero-order valence-electron chi connectivity index (χ0n) is 15.6. The van der Waals surface area contributed by atoms with Gasteiger partial charge < -0.3 is 4.90 Å². The standard InChI is InChI=1S/C20H19N5O2S/c1-12-7-8-24(16-5-3-4-6-17(16)28-12)18(26)9-15-13(2)23-19-14(10-21)11-22-25(19)20(15)27/h3-6,11-12,22H,7-9H2,1-2H3/t12-/m0/s1. The minimum Gasteiger partial charge on any atom is -0.311 e. The lowest BCUT2D eigenvalue weighted by molar-refractivity contribution is -0.118. The summed E-state index contributed by atoms with van der Waals surface area (Å²) in [7, 11) is 0. The highest BCUT2D eigenvalue weighted by molar-refractivity contribution is 8.00. The lowest BCUT2D eigenvalue weighted by Crippen LogP contribution is -2.36. The minimum absolute atomic E-state index is 0.0328. The molecule has 3 heterocycles. The second-order valence-corrected chi connectivity index (χ2v) is 8.33.